The Labute approximate surface area is 218 Å². The summed E-state index contributed by atoms with van der Waals surface area (Å²) in [5.41, 5.74) is 0.917. The van der Waals surface area contributed by atoms with Crippen molar-refractivity contribution >= 4 is 11.1 Å². The van der Waals surface area contributed by atoms with Crippen LogP contribution >= 0.6 is 0 Å². The Morgan fingerprint density at radius 1 is 1.00 bits per heavy atom. The molecule has 0 radical (unpaired) electrons. The highest BCUT2D eigenvalue weighted by molar-refractivity contribution is 5.84. The van der Waals surface area contributed by atoms with E-state index in [1.165, 1.54) is 24.5 Å². The van der Waals surface area contributed by atoms with Gasteiger partial charge in [0.05, 0.1) is 0 Å². The van der Waals surface area contributed by atoms with E-state index in [2.05, 4.69) is 20.5 Å². The monoisotopic (exact) mass is 545 g/mol. The summed E-state index contributed by atoms with van der Waals surface area (Å²) in [5, 5.41) is 10.6. The van der Waals surface area contributed by atoms with E-state index in [-0.39, 0.29) is 30.1 Å². The normalized spacial score (nSPS) is 12.1. The predicted octanol–water partition coefficient (Wildman–Crippen LogP) is 6.86. The number of hydrogen-bond acceptors (Lipinski definition) is 5. The summed E-state index contributed by atoms with van der Waals surface area (Å²) in [6, 6.07) is 13.3. The first kappa shape index (κ1) is 26.4. The molecule has 1 N–H and O–H groups in total. The summed E-state index contributed by atoms with van der Waals surface area (Å²) >= 11 is 0. The second-order valence-electron chi connectivity index (χ2n) is 8.90. The van der Waals surface area contributed by atoms with Gasteiger partial charge in [-0.1, -0.05) is 18.2 Å². The van der Waals surface area contributed by atoms with Gasteiger partial charge in [-0.05, 0) is 53.1 Å². The predicted molar refractivity (Wildman–Crippen MR) is 132 cm³/mol. The molecule has 12 heteroatoms. The summed E-state index contributed by atoms with van der Waals surface area (Å²) in [6.07, 6.45) is -6.16. The van der Waals surface area contributed by atoms with Crippen LogP contribution in [0.3, 0.4) is 0 Å². The van der Waals surface area contributed by atoms with Gasteiger partial charge in [0.2, 0.25) is 12.3 Å². The number of hydrogen-bond donors (Lipinski definition) is 1. The molecular formula is C27H21F6N5O. The number of aryl methyl sites for hydroxylation is 1. The third kappa shape index (κ3) is 5.65. The molecule has 0 unspecified atom stereocenters. The Kier molecular flexibility index (Phi) is 7.13. The van der Waals surface area contributed by atoms with Crippen molar-refractivity contribution in [3.05, 3.63) is 77.9 Å². The lowest BCUT2D eigenvalue weighted by atomic mass is 9.97. The zero-order valence-corrected chi connectivity index (χ0v) is 20.4. The highest BCUT2D eigenvalue weighted by Crippen LogP contribution is 2.39. The molecule has 0 fully saturated rings. The number of aromatic nitrogens is 4. The highest BCUT2D eigenvalue weighted by Gasteiger charge is 2.35. The van der Waals surface area contributed by atoms with Gasteiger partial charge in [0.15, 0.2) is 11.4 Å². The van der Waals surface area contributed by atoms with Gasteiger partial charge in [-0.25, -0.2) is 18.2 Å². The minimum Gasteiger partial charge on any atom is -0.435 e. The van der Waals surface area contributed by atoms with Crippen molar-refractivity contribution in [2.24, 2.45) is 7.05 Å². The van der Waals surface area contributed by atoms with E-state index in [1.807, 2.05) is 0 Å². The van der Waals surface area contributed by atoms with Crippen LogP contribution < -0.4 is 5.32 Å². The molecule has 3 aromatic carbocycles. The summed E-state index contributed by atoms with van der Waals surface area (Å²) in [4.78, 5) is 4.31. The standard InChI is InChI=1S/C27H21F6N5O/c1-38-14-35-37-25(38)20-12-18(28)5-6-19(20)16-3-2-4-17(11-16)26-36-22-10-15(13-34-8-7-23(29)30)9-21(24(22)39-26)27(31,32)33/h2-6,9-12,14,23,34H,7-8,13H2,1H3. The lowest BCUT2D eigenvalue weighted by molar-refractivity contribution is -0.136. The molecule has 0 saturated carbocycles. The molecule has 5 aromatic rings. The van der Waals surface area contributed by atoms with Crippen LogP contribution in [0.4, 0.5) is 26.3 Å². The molecule has 202 valence electrons. The zero-order valence-electron chi connectivity index (χ0n) is 20.4. The van der Waals surface area contributed by atoms with Gasteiger partial charge in [-0.15, -0.1) is 10.2 Å². The largest absolute Gasteiger partial charge is 0.435 e. The first-order valence-electron chi connectivity index (χ1n) is 11.8. The van der Waals surface area contributed by atoms with Crippen molar-refractivity contribution < 1.29 is 30.8 Å². The maximum absolute atomic E-state index is 14.1. The molecule has 0 bridgehead atoms. The molecule has 0 amide bonds. The third-order valence-electron chi connectivity index (χ3n) is 6.08. The number of rotatable bonds is 8. The fourth-order valence-electron chi connectivity index (χ4n) is 4.27. The van der Waals surface area contributed by atoms with Gasteiger partial charge in [0.1, 0.15) is 23.2 Å². The second-order valence-corrected chi connectivity index (χ2v) is 8.90. The third-order valence-corrected chi connectivity index (χ3v) is 6.08. The van der Waals surface area contributed by atoms with E-state index in [0.29, 0.717) is 28.1 Å². The fraction of sp³-hybridized carbons (Fsp3) is 0.222. The van der Waals surface area contributed by atoms with Crippen LogP contribution in [-0.4, -0.2) is 32.7 Å². The van der Waals surface area contributed by atoms with Crippen LogP contribution in [0, 0.1) is 5.82 Å². The topological polar surface area (TPSA) is 68.8 Å². The molecule has 5 rings (SSSR count). The average Bonchev–Trinajstić information content (AvgIpc) is 3.51. The van der Waals surface area contributed by atoms with E-state index < -0.39 is 36.0 Å². The van der Waals surface area contributed by atoms with Gasteiger partial charge in [0.25, 0.3) is 0 Å². The van der Waals surface area contributed by atoms with Crippen molar-refractivity contribution in [3.63, 3.8) is 0 Å². The van der Waals surface area contributed by atoms with Gasteiger partial charge >= 0.3 is 6.18 Å². The summed E-state index contributed by atoms with van der Waals surface area (Å²) in [7, 11) is 1.72. The number of nitrogens with zero attached hydrogens (tertiary/aromatic N) is 4. The first-order chi connectivity index (χ1) is 18.6. The van der Waals surface area contributed by atoms with Gasteiger partial charge in [-0.3, -0.25) is 0 Å². The van der Waals surface area contributed by atoms with Crippen LogP contribution in [0.1, 0.15) is 17.5 Å². The average molecular weight is 545 g/mol. The Balaban J connectivity index is 1.54. The molecule has 0 aliphatic rings. The van der Waals surface area contributed by atoms with E-state index in [4.69, 9.17) is 4.42 Å². The van der Waals surface area contributed by atoms with E-state index in [1.54, 1.807) is 41.9 Å². The zero-order chi connectivity index (χ0) is 27.7. The number of benzene rings is 3. The molecule has 39 heavy (non-hydrogen) atoms. The van der Waals surface area contributed by atoms with Crippen molar-refractivity contribution in [3.8, 4) is 34.0 Å². The SMILES string of the molecule is Cn1cnnc1-c1cc(F)ccc1-c1cccc(-c2nc3cc(CNCCC(F)F)cc(C(F)(F)F)c3o2)c1. The second kappa shape index (κ2) is 10.5. The number of alkyl halides is 5. The Morgan fingerprint density at radius 3 is 2.51 bits per heavy atom. The summed E-state index contributed by atoms with van der Waals surface area (Å²) < 4.78 is 87.8. The lowest BCUT2D eigenvalue weighted by Gasteiger charge is -2.10. The van der Waals surface area contributed by atoms with Crippen LogP contribution in [0.15, 0.2) is 65.3 Å². The Bertz CT molecular complexity index is 1630. The molecular weight excluding hydrogens is 524 g/mol. The van der Waals surface area contributed by atoms with E-state index in [9.17, 15) is 26.3 Å². The van der Waals surface area contributed by atoms with Crippen molar-refractivity contribution in [1.82, 2.24) is 25.1 Å². The summed E-state index contributed by atoms with van der Waals surface area (Å²) in [6.45, 7) is -0.0908. The molecule has 0 atom stereocenters. The number of halogens is 6. The number of oxazole rings is 1. The fourth-order valence-corrected chi connectivity index (χ4v) is 4.27. The molecule has 0 aliphatic heterocycles. The first-order valence-corrected chi connectivity index (χ1v) is 11.8. The maximum atomic E-state index is 14.1. The van der Waals surface area contributed by atoms with Crippen LogP contribution in [0.2, 0.25) is 0 Å². The minimum absolute atomic E-state index is 0.0163. The van der Waals surface area contributed by atoms with Crippen molar-refractivity contribution in [1.29, 1.82) is 0 Å². The van der Waals surface area contributed by atoms with Crippen molar-refractivity contribution in [2.45, 2.75) is 25.6 Å². The molecule has 6 nitrogen and oxygen atoms in total. The lowest BCUT2D eigenvalue weighted by Crippen LogP contribution is -2.17. The van der Waals surface area contributed by atoms with Gasteiger partial charge in [0, 0.05) is 37.7 Å². The number of fused-ring (bicyclic) bond motifs is 1. The molecule has 2 heterocycles. The maximum Gasteiger partial charge on any atom is 0.420 e. The van der Waals surface area contributed by atoms with Crippen LogP contribution in [0.5, 0.6) is 0 Å². The van der Waals surface area contributed by atoms with E-state index in [0.717, 1.165) is 6.07 Å². The quantitative estimate of drug-likeness (QED) is 0.170. The van der Waals surface area contributed by atoms with Crippen molar-refractivity contribution in [2.75, 3.05) is 6.54 Å². The highest BCUT2D eigenvalue weighted by atomic mass is 19.4. The Hall–Kier alpha value is -4.19. The molecule has 0 aliphatic carbocycles. The van der Waals surface area contributed by atoms with Gasteiger partial charge in [-0.2, -0.15) is 13.2 Å². The molecule has 0 saturated heterocycles. The van der Waals surface area contributed by atoms with Crippen LogP contribution in [-0.2, 0) is 19.8 Å². The van der Waals surface area contributed by atoms with Gasteiger partial charge < -0.3 is 14.3 Å². The minimum atomic E-state index is -4.73. The molecule has 2 aromatic heterocycles. The Morgan fingerprint density at radius 2 is 1.79 bits per heavy atom. The summed E-state index contributed by atoms with van der Waals surface area (Å²) in [5.74, 6) is -0.0743. The smallest absolute Gasteiger partial charge is 0.420 e. The number of nitrogens with one attached hydrogen (secondary N) is 1. The molecule has 0 spiro atoms. The van der Waals surface area contributed by atoms with E-state index >= 15 is 0 Å². The van der Waals surface area contributed by atoms with Crippen LogP contribution in [0.25, 0.3) is 45.1 Å².